The molecular formula is C22H19ClO3. The zero-order valence-electron chi connectivity index (χ0n) is 14.4. The molecule has 1 atom stereocenters. The normalized spacial score (nSPS) is 11.8. The minimum absolute atomic E-state index is 0.252. The molecule has 26 heavy (non-hydrogen) atoms. The largest absolute Gasteiger partial charge is 0.478 e. The fourth-order valence-corrected chi connectivity index (χ4v) is 2.97. The SMILES string of the molecule is Cc1c(Cl)cccc1CC(Oc1ccc(-c2ccccc2)cc1)C(=O)O. The number of benzene rings is 3. The van der Waals surface area contributed by atoms with Gasteiger partial charge in [0.1, 0.15) is 5.75 Å². The van der Waals surface area contributed by atoms with Gasteiger partial charge in [0.2, 0.25) is 0 Å². The summed E-state index contributed by atoms with van der Waals surface area (Å²) < 4.78 is 5.72. The highest BCUT2D eigenvalue weighted by molar-refractivity contribution is 6.31. The van der Waals surface area contributed by atoms with Gasteiger partial charge in [0.05, 0.1) is 0 Å². The maximum Gasteiger partial charge on any atom is 0.345 e. The van der Waals surface area contributed by atoms with Crippen molar-refractivity contribution in [3.8, 4) is 16.9 Å². The smallest absolute Gasteiger partial charge is 0.345 e. The van der Waals surface area contributed by atoms with Crippen LogP contribution in [0.15, 0.2) is 72.8 Å². The number of rotatable bonds is 6. The van der Waals surface area contributed by atoms with E-state index in [0.29, 0.717) is 10.8 Å². The second-order valence-electron chi connectivity index (χ2n) is 6.06. The van der Waals surface area contributed by atoms with Gasteiger partial charge in [-0.15, -0.1) is 0 Å². The van der Waals surface area contributed by atoms with E-state index in [1.807, 2.05) is 61.5 Å². The van der Waals surface area contributed by atoms with Crippen LogP contribution in [0.4, 0.5) is 0 Å². The lowest BCUT2D eigenvalue weighted by atomic mass is 10.0. The zero-order valence-corrected chi connectivity index (χ0v) is 15.1. The van der Waals surface area contributed by atoms with Gasteiger partial charge >= 0.3 is 5.97 Å². The highest BCUT2D eigenvalue weighted by Crippen LogP contribution is 2.24. The van der Waals surface area contributed by atoms with Crippen molar-refractivity contribution in [2.75, 3.05) is 0 Å². The standard InChI is InChI=1S/C22H19ClO3/c1-15-18(8-5-9-20(15)23)14-21(22(24)25)26-19-12-10-17(11-13-19)16-6-3-2-4-7-16/h2-13,21H,14H2,1H3,(H,24,25). The highest BCUT2D eigenvalue weighted by atomic mass is 35.5. The topological polar surface area (TPSA) is 46.5 Å². The molecular weight excluding hydrogens is 348 g/mol. The van der Waals surface area contributed by atoms with Crippen LogP contribution in [0.3, 0.4) is 0 Å². The molecule has 0 fully saturated rings. The Balaban J connectivity index is 1.76. The van der Waals surface area contributed by atoms with Crippen LogP contribution in [-0.2, 0) is 11.2 Å². The van der Waals surface area contributed by atoms with Crippen LogP contribution in [0.25, 0.3) is 11.1 Å². The van der Waals surface area contributed by atoms with E-state index in [-0.39, 0.29) is 6.42 Å². The molecule has 0 saturated heterocycles. The van der Waals surface area contributed by atoms with Gasteiger partial charge in [-0.2, -0.15) is 0 Å². The third-order valence-corrected chi connectivity index (χ3v) is 4.71. The van der Waals surface area contributed by atoms with Gasteiger partial charge in [-0.1, -0.05) is 66.2 Å². The average molecular weight is 367 g/mol. The second-order valence-corrected chi connectivity index (χ2v) is 6.47. The Morgan fingerprint density at radius 2 is 1.62 bits per heavy atom. The molecule has 0 aliphatic heterocycles. The molecule has 1 unspecified atom stereocenters. The number of aliphatic carboxylic acids is 1. The fourth-order valence-electron chi connectivity index (χ4n) is 2.77. The van der Waals surface area contributed by atoms with Crippen LogP contribution in [-0.4, -0.2) is 17.2 Å². The number of carbonyl (C=O) groups is 1. The summed E-state index contributed by atoms with van der Waals surface area (Å²) in [6, 6.07) is 22.9. The minimum Gasteiger partial charge on any atom is -0.478 e. The first-order valence-corrected chi connectivity index (χ1v) is 8.71. The Hall–Kier alpha value is -2.78. The number of hydrogen-bond donors (Lipinski definition) is 1. The maximum absolute atomic E-state index is 11.6. The lowest BCUT2D eigenvalue weighted by Gasteiger charge is -2.17. The summed E-state index contributed by atoms with van der Waals surface area (Å²) in [5.41, 5.74) is 3.90. The van der Waals surface area contributed by atoms with Crippen molar-refractivity contribution < 1.29 is 14.6 Å². The van der Waals surface area contributed by atoms with E-state index < -0.39 is 12.1 Å². The fraction of sp³-hybridized carbons (Fsp3) is 0.136. The molecule has 1 N–H and O–H groups in total. The molecule has 0 heterocycles. The molecule has 3 nitrogen and oxygen atoms in total. The number of ether oxygens (including phenoxy) is 1. The molecule has 0 aliphatic rings. The van der Waals surface area contributed by atoms with Gasteiger partial charge in [0.25, 0.3) is 0 Å². The van der Waals surface area contributed by atoms with Crippen LogP contribution in [0.5, 0.6) is 5.75 Å². The highest BCUT2D eigenvalue weighted by Gasteiger charge is 2.21. The van der Waals surface area contributed by atoms with Crippen molar-refractivity contribution in [3.63, 3.8) is 0 Å². The molecule has 0 aliphatic carbocycles. The van der Waals surface area contributed by atoms with Crippen LogP contribution >= 0.6 is 11.6 Å². The van der Waals surface area contributed by atoms with E-state index in [2.05, 4.69) is 0 Å². The first-order valence-electron chi connectivity index (χ1n) is 8.33. The lowest BCUT2D eigenvalue weighted by molar-refractivity contribution is -0.145. The van der Waals surface area contributed by atoms with Gasteiger partial charge in [0.15, 0.2) is 6.10 Å². The predicted molar refractivity (Wildman–Crippen MR) is 104 cm³/mol. The first kappa shape index (κ1) is 18.0. The molecule has 3 aromatic carbocycles. The molecule has 0 aromatic heterocycles. The van der Waals surface area contributed by atoms with Crippen molar-refractivity contribution in [2.45, 2.75) is 19.4 Å². The molecule has 0 bridgehead atoms. The second kappa shape index (κ2) is 8.07. The van der Waals surface area contributed by atoms with Gasteiger partial charge < -0.3 is 9.84 Å². The van der Waals surface area contributed by atoms with Crippen LogP contribution in [0.1, 0.15) is 11.1 Å². The van der Waals surface area contributed by atoms with Crippen molar-refractivity contribution in [2.24, 2.45) is 0 Å². The van der Waals surface area contributed by atoms with Gasteiger partial charge in [-0.3, -0.25) is 0 Å². The third-order valence-electron chi connectivity index (χ3n) is 4.30. The molecule has 3 aromatic rings. The summed E-state index contributed by atoms with van der Waals surface area (Å²) in [4.78, 5) is 11.6. The summed E-state index contributed by atoms with van der Waals surface area (Å²) in [5.74, 6) is -0.478. The van der Waals surface area contributed by atoms with Gasteiger partial charge in [0, 0.05) is 11.4 Å². The molecule has 0 spiro atoms. The van der Waals surface area contributed by atoms with E-state index in [1.165, 1.54) is 0 Å². The van der Waals surface area contributed by atoms with Gasteiger partial charge in [-0.25, -0.2) is 4.79 Å². The minimum atomic E-state index is -1.00. The lowest BCUT2D eigenvalue weighted by Crippen LogP contribution is -2.29. The monoisotopic (exact) mass is 366 g/mol. The number of carboxylic acid groups (broad SMARTS) is 1. The average Bonchev–Trinajstić information content (AvgIpc) is 2.66. The summed E-state index contributed by atoms with van der Waals surface area (Å²) >= 11 is 6.12. The molecule has 0 amide bonds. The van der Waals surface area contributed by atoms with Crippen molar-refractivity contribution in [1.29, 1.82) is 0 Å². The summed E-state index contributed by atoms with van der Waals surface area (Å²) in [5, 5.41) is 10.2. The summed E-state index contributed by atoms with van der Waals surface area (Å²) in [6.07, 6.45) is -0.725. The van der Waals surface area contributed by atoms with Crippen molar-refractivity contribution >= 4 is 17.6 Å². The molecule has 132 valence electrons. The Bertz CT molecular complexity index is 889. The van der Waals surface area contributed by atoms with E-state index in [0.717, 1.165) is 22.3 Å². The van der Waals surface area contributed by atoms with Crippen molar-refractivity contribution in [1.82, 2.24) is 0 Å². The maximum atomic E-state index is 11.6. The van der Waals surface area contributed by atoms with Crippen LogP contribution < -0.4 is 4.74 Å². The summed E-state index contributed by atoms with van der Waals surface area (Å²) in [6.45, 7) is 1.88. The van der Waals surface area contributed by atoms with E-state index in [4.69, 9.17) is 16.3 Å². The first-order chi connectivity index (χ1) is 12.5. The number of carboxylic acids is 1. The molecule has 0 radical (unpaired) electrons. The Morgan fingerprint density at radius 3 is 2.27 bits per heavy atom. The quantitative estimate of drug-likeness (QED) is 0.636. The third kappa shape index (κ3) is 4.24. The summed E-state index contributed by atoms with van der Waals surface area (Å²) in [7, 11) is 0. The van der Waals surface area contributed by atoms with Gasteiger partial charge in [-0.05, 0) is 47.4 Å². The Labute approximate surface area is 157 Å². The zero-order chi connectivity index (χ0) is 18.5. The molecule has 3 rings (SSSR count). The molecule has 0 saturated carbocycles. The van der Waals surface area contributed by atoms with Crippen molar-refractivity contribution in [3.05, 3.63) is 88.9 Å². The van der Waals surface area contributed by atoms with E-state index in [1.54, 1.807) is 18.2 Å². The number of hydrogen-bond acceptors (Lipinski definition) is 2. The van der Waals surface area contributed by atoms with Crippen LogP contribution in [0.2, 0.25) is 5.02 Å². The predicted octanol–water partition coefficient (Wildman–Crippen LogP) is 5.39. The Kier molecular flexibility index (Phi) is 5.59. The Morgan fingerprint density at radius 1 is 0.962 bits per heavy atom. The number of halogens is 1. The molecule has 4 heteroatoms. The van der Waals surface area contributed by atoms with E-state index >= 15 is 0 Å². The van der Waals surface area contributed by atoms with Crippen LogP contribution in [0, 0.1) is 6.92 Å². The van der Waals surface area contributed by atoms with E-state index in [9.17, 15) is 9.90 Å².